The van der Waals surface area contributed by atoms with Crippen LogP contribution in [0, 0.1) is 12.8 Å². The van der Waals surface area contributed by atoms with Gasteiger partial charge in [0.25, 0.3) is 0 Å². The van der Waals surface area contributed by atoms with Gasteiger partial charge in [0.2, 0.25) is 0 Å². The Kier molecular flexibility index (Phi) is 5.19. The van der Waals surface area contributed by atoms with Crippen LogP contribution in [-0.4, -0.2) is 24.4 Å². The van der Waals surface area contributed by atoms with Gasteiger partial charge in [0, 0.05) is 17.1 Å². The summed E-state index contributed by atoms with van der Waals surface area (Å²) >= 11 is 6.07. The van der Waals surface area contributed by atoms with Gasteiger partial charge in [-0.3, -0.25) is 0 Å². The Morgan fingerprint density at radius 2 is 1.92 bits per heavy atom. The summed E-state index contributed by atoms with van der Waals surface area (Å²) in [4.78, 5) is 0. The van der Waals surface area contributed by atoms with E-state index in [0.29, 0.717) is 22.1 Å². The predicted molar refractivity (Wildman–Crippen MR) is 93.6 cm³/mol. The first kappa shape index (κ1) is 19.0. The zero-order chi connectivity index (χ0) is 18.9. The van der Waals surface area contributed by atoms with E-state index in [9.17, 15) is 18.3 Å². The fraction of sp³-hybridized carbons (Fsp3) is 0.368. The lowest BCUT2D eigenvalue weighted by atomic mass is 9.86. The topological polar surface area (TPSA) is 41.5 Å². The third-order valence-electron chi connectivity index (χ3n) is 4.87. The van der Waals surface area contributed by atoms with Crippen LogP contribution in [-0.2, 0) is 5.54 Å². The van der Waals surface area contributed by atoms with Crippen molar-refractivity contribution in [3.05, 3.63) is 58.6 Å². The summed E-state index contributed by atoms with van der Waals surface area (Å²) in [7, 11) is 0. The number of hydrogen-bond acceptors (Lipinski definition) is 3. The van der Waals surface area contributed by atoms with Crippen molar-refractivity contribution in [3.63, 3.8) is 0 Å². The first-order chi connectivity index (χ1) is 12.2. The highest BCUT2D eigenvalue weighted by Gasteiger charge is 2.50. The molecule has 140 valence electrons. The molecule has 0 spiro atoms. The third kappa shape index (κ3) is 3.68. The number of aliphatic hydroxyl groups is 1. The van der Waals surface area contributed by atoms with Crippen molar-refractivity contribution < 1.29 is 23.0 Å². The summed E-state index contributed by atoms with van der Waals surface area (Å²) < 4.78 is 44.7. The van der Waals surface area contributed by atoms with Crippen LogP contribution in [0.5, 0.6) is 11.5 Å². The van der Waals surface area contributed by atoms with Crippen LogP contribution in [0.4, 0.5) is 13.2 Å². The van der Waals surface area contributed by atoms with E-state index in [0.717, 1.165) is 5.56 Å². The largest absolute Gasteiger partial charge is 0.457 e. The Balaban J connectivity index is 1.79. The molecule has 1 aliphatic heterocycles. The summed E-state index contributed by atoms with van der Waals surface area (Å²) in [6, 6.07) is 12.0. The zero-order valence-corrected chi connectivity index (χ0v) is 14.9. The smallest absolute Gasteiger partial charge is 0.393 e. The molecule has 3 nitrogen and oxygen atoms in total. The molecule has 7 heteroatoms. The lowest BCUT2D eigenvalue weighted by molar-refractivity contribution is -0.170. The lowest BCUT2D eigenvalue weighted by Crippen LogP contribution is -2.40. The van der Waals surface area contributed by atoms with Gasteiger partial charge in [-0.15, -0.1) is 0 Å². The molecule has 1 aliphatic rings. The van der Waals surface area contributed by atoms with E-state index >= 15 is 0 Å². The van der Waals surface area contributed by atoms with Gasteiger partial charge in [-0.25, -0.2) is 0 Å². The average molecular weight is 386 g/mol. The van der Waals surface area contributed by atoms with E-state index in [2.05, 4.69) is 5.32 Å². The molecule has 0 unspecified atom stereocenters. The number of ether oxygens (including phenoxy) is 1. The number of rotatable bonds is 4. The number of aliphatic hydroxyl groups excluding tert-OH is 1. The third-order valence-corrected chi connectivity index (χ3v) is 5.28. The van der Waals surface area contributed by atoms with Crippen LogP contribution in [0.3, 0.4) is 0 Å². The minimum absolute atomic E-state index is 0.194. The highest BCUT2D eigenvalue weighted by molar-refractivity contribution is 6.31. The number of alkyl halides is 3. The Bertz CT molecular complexity index is 779. The number of nitrogens with one attached hydrogen (secondary N) is 1. The van der Waals surface area contributed by atoms with Crippen molar-refractivity contribution in [1.82, 2.24) is 5.32 Å². The summed E-state index contributed by atoms with van der Waals surface area (Å²) in [5.41, 5.74) is 0.308. The number of halogens is 4. The van der Waals surface area contributed by atoms with Gasteiger partial charge in [0.05, 0.1) is 18.1 Å². The maximum absolute atomic E-state index is 13.0. The van der Waals surface area contributed by atoms with Gasteiger partial charge >= 0.3 is 6.18 Å². The Labute approximate surface area is 154 Å². The van der Waals surface area contributed by atoms with E-state index in [1.165, 1.54) is 0 Å². The molecule has 2 N–H and O–H groups in total. The Morgan fingerprint density at radius 3 is 2.50 bits per heavy atom. The molecule has 0 aromatic heterocycles. The van der Waals surface area contributed by atoms with Crippen LogP contribution in [0.2, 0.25) is 5.02 Å². The zero-order valence-electron chi connectivity index (χ0n) is 14.1. The maximum atomic E-state index is 13.0. The van der Waals surface area contributed by atoms with Crippen molar-refractivity contribution in [3.8, 4) is 11.5 Å². The Morgan fingerprint density at radius 1 is 1.23 bits per heavy atom. The second-order valence-corrected chi connectivity index (χ2v) is 6.96. The summed E-state index contributed by atoms with van der Waals surface area (Å²) in [5, 5.41) is 13.2. The van der Waals surface area contributed by atoms with Crippen molar-refractivity contribution in [2.75, 3.05) is 13.2 Å². The molecule has 3 rings (SSSR count). The van der Waals surface area contributed by atoms with Gasteiger partial charge < -0.3 is 15.2 Å². The molecular formula is C19H19ClF3NO2. The minimum Gasteiger partial charge on any atom is -0.457 e. The predicted octanol–water partition coefficient (Wildman–Crippen LogP) is 4.80. The van der Waals surface area contributed by atoms with Gasteiger partial charge in [0.15, 0.2) is 0 Å². The van der Waals surface area contributed by atoms with Crippen molar-refractivity contribution in [2.45, 2.75) is 25.1 Å². The SMILES string of the molecule is Cc1c(Cl)cccc1Oc1ccc([C@]2(CO)C[C@H](C(F)(F)F)CN2)cc1. The Hall–Kier alpha value is -1.76. The molecule has 0 radical (unpaired) electrons. The molecule has 0 aliphatic carbocycles. The van der Waals surface area contributed by atoms with Crippen molar-refractivity contribution >= 4 is 11.6 Å². The highest BCUT2D eigenvalue weighted by Crippen LogP contribution is 2.41. The molecule has 0 amide bonds. The van der Waals surface area contributed by atoms with E-state index in [4.69, 9.17) is 16.3 Å². The first-order valence-electron chi connectivity index (χ1n) is 8.21. The van der Waals surface area contributed by atoms with Gasteiger partial charge in [-0.1, -0.05) is 29.8 Å². The van der Waals surface area contributed by atoms with Crippen molar-refractivity contribution in [2.24, 2.45) is 5.92 Å². The van der Waals surface area contributed by atoms with Crippen LogP contribution in [0.15, 0.2) is 42.5 Å². The second-order valence-electron chi connectivity index (χ2n) is 6.55. The first-order valence-corrected chi connectivity index (χ1v) is 8.59. The molecule has 26 heavy (non-hydrogen) atoms. The van der Waals surface area contributed by atoms with Crippen LogP contribution in [0.1, 0.15) is 17.5 Å². The molecule has 2 aromatic rings. The van der Waals surface area contributed by atoms with E-state index in [-0.39, 0.29) is 13.0 Å². The maximum Gasteiger partial charge on any atom is 0.393 e. The van der Waals surface area contributed by atoms with E-state index in [1.807, 2.05) is 6.92 Å². The van der Waals surface area contributed by atoms with Crippen LogP contribution < -0.4 is 10.1 Å². The van der Waals surface area contributed by atoms with Gasteiger partial charge in [-0.05, 0) is 43.2 Å². The van der Waals surface area contributed by atoms with Gasteiger partial charge in [0.1, 0.15) is 11.5 Å². The molecule has 2 aromatic carbocycles. The normalized spacial score (nSPS) is 23.2. The van der Waals surface area contributed by atoms with E-state index < -0.39 is 24.2 Å². The van der Waals surface area contributed by atoms with Crippen LogP contribution in [0.25, 0.3) is 0 Å². The quantitative estimate of drug-likeness (QED) is 0.794. The summed E-state index contributed by atoms with van der Waals surface area (Å²) in [6.07, 6.45) is -4.47. The fourth-order valence-electron chi connectivity index (χ4n) is 3.21. The second kappa shape index (κ2) is 7.10. The molecule has 1 heterocycles. The summed E-state index contributed by atoms with van der Waals surface area (Å²) in [6.45, 7) is 1.23. The molecule has 1 fully saturated rings. The molecule has 0 bridgehead atoms. The van der Waals surface area contributed by atoms with E-state index in [1.54, 1.807) is 42.5 Å². The van der Waals surface area contributed by atoms with Gasteiger partial charge in [-0.2, -0.15) is 13.2 Å². The summed E-state index contributed by atoms with van der Waals surface area (Å²) in [5.74, 6) is -0.324. The average Bonchev–Trinajstić information content (AvgIpc) is 3.06. The molecule has 0 saturated carbocycles. The number of hydrogen-bond donors (Lipinski definition) is 2. The molecule has 1 saturated heterocycles. The monoisotopic (exact) mass is 385 g/mol. The van der Waals surface area contributed by atoms with Crippen LogP contribution >= 0.6 is 11.6 Å². The minimum atomic E-state index is -4.28. The fourth-order valence-corrected chi connectivity index (χ4v) is 3.38. The lowest BCUT2D eigenvalue weighted by Gasteiger charge is -2.28. The van der Waals surface area contributed by atoms with Crippen molar-refractivity contribution in [1.29, 1.82) is 0 Å². The standard InChI is InChI=1S/C19H19ClF3NO2/c1-12-16(20)3-2-4-17(12)26-15-7-5-13(6-8-15)18(11-25)9-14(10-24-18)19(21,22)23/h2-8,14,24-25H,9-11H2,1H3/t14-,18+/m0/s1. The molecule has 2 atom stereocenters. The number of benzene rings is 2. The molecular weight excluding hydrogens is 367 g/mol. The highest BCUT2D eigenvalue weighted by atomic mass is 35.5.